The molecule has 0 bridgehead atoms. The lowest BCUT2D eigenvalue weighted by Crippen LogP contribution is -2.46. The van der Waals surface area contributed by atoms with Crippen molar-refractivity contribution in [2.45, 2.75) is 37.4 Å². The van der Waals surface area contributed by atoms with Crippen LogP contribution in [0.2, 0.25) is 0 Å². The largest absolute Gasteiger partial charge is 0.333 e. The fourth-order valence-corrected chi connectivity index (χ4v) is 6.11. The van der Waals surface area contributed by atoms with Crippen LogP contribution in [0.25, 0.3) is 0 Å². The Hall–Kier alpha value is -2.65. The molecule has 1 unspecified atom stereocenters. The van der Waals surface area contributed by atoms with Crippen LogP contribution in [0.4, 0.5) is 5.69 Å². The average Bonchev–Trinajstić information content (AvgIpc) is 3.10. The van der Waals surface area contributed by atoms with Crippen molar-refractivity contribution in [1.82, 2.24) is 13.8 Å². The molecule has 2 aromatic rings. The Labute approximate surface area is 195 Å². The van der Waals surface area contributed by atoms with Crippen LogP contribution in [0, 0.1) is 10.1 Å². The zero-order chi connectivity index (χ0) is 24.2. The summed E-state index contributed by atoms with van der Waals surface area (Å²) in [6.07, 6.45) is 2.67. The lowest BCUT2D eigenvalue weighted by atomic mass is 9.90. The lowest BCUT2D eigenvalue weighted by molar-refractivity contribution is -0.384. The number of thiazole rings is 1. The number of nitrogens with zero attached hydrogens (tertiary/aromatic N) is 4. The summed E-state index contributed by atoms with van der Waals surface area (Å²) in [5, 5.41) is 10.9. The molecule has 0 amide bonds. The minimum atomic E-state index is -4.31. The number of aromatic nitrogens is 1. The van der Waals surface area contributed by atoms with Crippen LogP contribution >= 0.6 is 11.3 Å². The first kappa shape index (κ1) is 25.0. The van der Waals surface area contributed by atoms with Crippen LogP contribution in [0.5, 0.6) is 0 Å². The first-order valence-corrected chi connectivity index (χ1v) is 12.3. The quantitative estimate of drug-likeness (QED) is 0.152. The summed E-state index contributed by atoms with van der Waals surface area (Å²) in [5.41, 5.74) is 0.362. The summed E-state index contributed by atoms with van der Waals surface area (Å²) in [7, 11) is -3.01. The summed E-state index contributed by atoms with van der Waals surface area (Å²) < 4.78 is 29.4. The van der Waals surface area contributed by atoms with Gasteiger partial charge < -0.3 is 14.2 Å². The van der Waals surface area contributed by atoms with Gasteiger partial charge in [0.1, 0.15) is 0 Å². The van der Waals surface area contributed by atoms with Crippen LogP contribution < -0.4 is 4.87 Å². The summed E-state index contributed by atoms with van der Waals surface area (Å²) in [4.78, 5) is 41.4. The molecule has 0 fully saturated rings. The third-order valence-electron chi connectivity index (χ3n) is 4.97. The molecule has 1 aromatic heterocycles. The number of sulfonamides is 1. The highest BCUT2D eigenvalue weighted by atomic mass is 32.2. The zero-order valence-corrected chi connectivity index (χ0v) is 19.5. The Balaban J connectivity index is 2.12. The van der Waals surface area contributed by atoms with Crippen molar-refractivity contribution in [3.05, 3.63) is 67.3 Å². The van der Waals surface area contributed by atoms with Gasteiger partial charge in [0.15, 0.2) is 0 Å². The minimum absolute atomic E-state index is 0.0706. The van der Waals surface area contributed by atoms with E-state index in [1.54, 1.807) is 9.38 Å². The molecule has 3 rings (SSSR count). The fraction of sp³-hybridized carbons (Fsp3) is 0.368. The molecule has 0 N–H and O–H groups in total. The van der Waals surface area contributed by atoms with Crippen LogP contribution in [0.15, 0.2) is 46.6 Å². The summed E-state index contributed by atoms with van der Waals surface area (Å²) in [6, 6.07) is 3.50. The Morgan fingerprint density at radius 2 is 2.09 bits per heavy atom. The smallest absolute Gasteiger partial charge is 0.307 e. The Kier molecular flexibility index (Phi) is 7.97. The molecule has 0 saturated carbocycles. The van der Waals surface area contributed by atoms with Gasteiger partial charge in [-0.15, -0.1) is 6.58 Å². The molecule has 1 aromatic carbocycles. The van der Waals surface area contributed by atoms with E-state index in [-0.39, 0.29) is 35.2 Å². The van der Waals surface area contributed by atoms with Crippen LogP contribution in [-0.2, 0) is 32.7 Å². The van der Waals surface area contributed by atoms with E-state index in [9.17, 15) is 28.1 Å². The number of nitro benzene ring substituents is 1. The fourth-order valence-electron chi connectivity index (χ4n) is 3.55. The first-order chi connectivity index (χ1) is 15.7. The maximum absolute atomic E-state index is 13.5. The highest BCUT2D eigenvalue weighted by Gasteiger charge is 2.41. The third kappa shape index (κ3) is 5.14. The second kappa shape index (κ2) is 10.5. The number of non-ortho nitro benzene ring substituents is 1. The molecule has 2 heterocycles. The van der Waals surface area contributed by atoms with E-state index >= 15 is 0 Å². The van der Waals surface area contributed by atoms with Gasteiger partial charge in [-0.25, -0.2) is 8.42 Å². The monoisotopic (exact) mass is 493 g/mol. The predicted molar refractivity (Wildman–Crippen MR) is 123 cm³/mol. The van der Waals surface area contributed by atoms with Crippen molar-refractivity contribution in [2.75, 3.05) is 13.2 Å². The molecule has 11 nitrogen and oxygen atoms in total. The molecule has 175 valence electrons. The molecule has 0 aliphatic carbocycles. The molecule has 1 aliphatic heterocycles. The van der Waals surface area contributed by atoms with E-state index in [2.05, 4.69) is 6.58 Å². The summed E-state index contributed by atoms with van der Waals surface area (Å²) in [6.45, 7) is 6.14. The number of benzene rings is 1. The summed E-state index contributed by atoms with van der Waals surface area (Å²) in [5.74, 6) is 0. The van der Waals surface area contributed by atoms with Crippen molar-refractivity contribution >= 4 is 40.6 Å². The number of carbonyl (C=O) groups excluding carboxylic acids is 1. The van der Waals surface area contributed by atoms with Crippen molar-refractivity contribution in [3.8, 4) is 0 Å². The van der Waals surface area contributed by atoms with E-state index < -0.39 is 21.0 Å². The van der Waals surface area contributed by atoms with Gasteiger partial charge in [-0.2, -0.15) is 0 Å². The van der Waals surface area contributed by atoms with E-state index in [1.165, 1.54) is 13.5 Å². The molecular formula is C19H22BN4O7S2. The number of hydroxylamine groups is 1. The normalized spacial score (nSPS) is 16.4. The Morgan fingerprint density at radius 3 is 2.67 bits per heavy atom. The number of fused-ring (bicyclic) bond motifs is 1. The van der Waals surface area contributed by atoms with Crippen molar-refractivity contribution in [1.29, 1.82) is 0 Å². The molecule has 0 spiro atoms. The van der Waals surface area contributed by atoms with Gasteiger partial charge in [-0.1, -0.05) is 28.8 Å². The van der Waals surface area contributed by atoms with Crippen LogP contribution in [0.1, 0.15) is 30.0 Å². The minimum Gasteiger partial charge on any atom is -0.333 e. The van der Waals surface area contributed by atoms with Gasteiger partial charge in [0.05, 0.1) is 33.5 Å². The van der Waals surface area contributed by atoms with Gasteiger partial charge in [0.25, 0.3) is 23.1 Å². The SMILES string of the molecule is C=CCON(C1CN([B]C=O)Cc2c1sc(=O)n2CCC)S(=O)(=O)c1ccc([N+](=O)[O-])cc1. The molecule has 33 heavy (non-hydrogen) atoms. The zero-order valence-electron chi connectivity index (χ0n) is 17.8. The van der Waals surface area contributed by atoms with Crippen molar-refractivity contribution < 1.29 is 23.0 Å². The van der Waals surface area contributed by atoms with Gasteiger partial charge in [0.2, 0.25) is 0 Å². The van der Waals surface area contributed by atoms with Gasteiger partial charge in [0, 0.05) is 37.5 Å². The molecule has 0 saturated heterocycles. The maximum Gasteiger partial charge on any atom is 0.307 e. The van der Waals surface area contributed by atoms with Gasteiger partial charge >= 0.3 is 4.87 Å². The second-order valence-electron chi connectivity index (χ2n) is 7.16. The topological polar surface area (TPSA) is 132 Å². The standard InChI is InChI=1S/C19H22BN4O7S2/c1-3-9-22-16-11-21(20-13-25)12-17(18(16)32-19(22)26)24(31-10-4-2)33(29,30)15-7-5-14(6-8-15)23(27)28/h4-8,13,17H,2-3,9-12H2,1H3. The molecule has 14 heteroatoms. The molecule has 1 atom stereocenters. The van der Waals surface area contributed by atoms with E-state index in [0.29, 0.717) is 29.7 Å². The average molecular weight is 493 g/mol. The first-order valence-electron chi connectivity index (χ1n) is 10.0. The van der Waals surface area contributed by atoms with E-state index in [4.69, 9.17) is 4.84 Å². The van der Waals surface area contributed by atoms with Crippen molar-refractivity contribution in [2.24, 2.45) is 0 Å². The molecule has 1 aliphatic rings. The third-order valence-corrected chi connectivity index (χ3v) is 7.79. The number of hydrogen-bond donors (Lipinski definition) is 0. The second-order valence-corrected chi connectivity index (χ2v) is 9.93. The number of hydrogen-bond acceptors (Lipinski definition) is 9. The Morgan fingerprint density at radius 1 is 1.39 bits per heavy atom. The van der Waals surface area contributed by atoms with Crippen LogP contribution in [-0.4, -0.2) is 53.9 Å². The number of rotatable bonds is 11. The van der Waals surface area contributed by atoms with Crippen LogP contribution in [0.3, 0.4) is 0 Å². The van der Waals surface area contributed by atoms with E-state index in [1.807, 2.05) is 6.92 Å². The number of nitro groups is 1. The molecule has 1 radical (unpaired) electrons. The van der Waals surface area contributed by atoms with Crippen molar-refractivity contribution in [3.63, 3.8) is 0 Å². The highest BCUT2D eigenvalue weighted by Crippen LogP contribution is 2.36. The Bertz CT molecular complexity index is 1190. The predicted octanol–water partition coefficient (Wildman–Crippen LogP) is 1.70. The summed E-state index contributed by atoms with van der Waals surface area (Å²) >= 11 is 0.942. The highest BCUT2D eigenvalue weighted by molar-refractivity contribution is 7.89. The van der Waals surface area contributed by atoms with Gasteiger partial charge in [-0.3, -0.25) is 19.7 Å². The van der Waals surface area contributed by atoms with Gasteiger partial charge in [-0.05, 0) is 18.6 Å². The number of carbonyl (C=O) groups is 1. The lowest BCUT2D eigenvalue weighted by Gasteiger charge is -2.37. The van der Waals surface area contributed by atoms with E-state index in [0.717, 1.165) is 40.1 Å². The molecular weight excluding hydrogens is 471 g/mol. The maximum atomic E-state index is 13.5.